The largest absolute Gasteiger partial charge is 0.370 e. The summed E-state index contributed by atoms with van der Waals surface area (Å²) in [6.07, 6.45) is 3.11. The summed E-state index contributed by atoms with van der Waals surface area (Å²) >= 11 is 1.51. The number of rotatable bonds is 8. The fourth-order valence-corrected chi connectivity index (χ4v) is 5.17. The summed E-state index contributed by atoms with van der Waals surface area (Å²) in [7, 11) is 1.70. The van der Waals surface area contributed by atoms with Crippen LogP contribution in [-0.2, 0) is 17.6 Å². The number of anilines is 2. The molecule has 1 atom stereocenters. The van der Waals surface area contributed by atoms with Crippen molar-refractivity contribution in [1.82, 2.24) is 25.5 Å². The van der Waals surface area contributed by atoms with Crippen molar-refractivity contribution in [2.75, 3.05) is 29.6 Å². The van der Waals surface area contributed by atoms with Crippen molar-refractivity contribution in [3.63, 3.8) is 0 Å². The van der Waals surface area contributed by atoms with E-state index < -0.39 is 11.9 Å². The lowest BCUT2D eigenvalue weighted by Crippen LogP contribution is -2.48. The number of likely N-dealkylation sites (N-methyl/N-ethyl adjacent to an activating group) is 1. The Hall–Kier alpha value is -4.18. The first kappa shape index (κ1) is 24.5. The molecule has 3 heterocycles. The van der Waals surface area contributed by atoms with Crippen molar-refractivity contribution in [2.45, 2.75) is 23.8 Å². The summed E-state index contributed by atoms with van der Waals surface area (Å²) in [6.45, 7) is 0.747. The van der Waals surface area contributed by atoms with Gasteiger partial charge in [0.2, 0.25) is 11.7 Å². The standard InChI is InChI=1S/C27H27N7O2S/c1-34-21-16-29-23(28-13-12-18-8-4-2-5-9-18)15-22(21)37-17-20(27(34)36)30-26(35)25-31-24(32-33-25)14-19-10-6-3-7-11-19/h2-11,15-16,20H,12-14,17H2,1H3,(H,28,29)(H,30,35)(H,31,32,33)/t20-/m0/s1. The van der Waals surface area contributed by atoms with Crippen LogP contribution in [0, 0.1) is 0 Å². The Balaban J connectivity index is 1.20. The van der Waals surface area contributed by atoms with E-state index in [2.05, 4.69) is 42.9 Å². The number of pyridine rings is 1. The number of aromatic amines is 1. The molecule has 2 amide bonds. The second-order valence-corrected chi connectivity index (χ2v) is 9.76. The SMILES string of the molecule is CN1C(=O)[C@@H](NC(=O)c2n[nH]c(Cc3ccccc3)n2)CSc2cc(NCCc3ccccc3)ncc21. The predicted octanol–water partition coefficient (Wildman–Crippen LogP) is 3.31. The second-order valence-electron chi connectivity index (χ2n) is 8.70. The average Bonchev–Trinajstić information content (AvgIpc) is 3.36. The molecular formula is C27H27N7O2S. The van der Waals surface area contributed by atoms with Gasteiger partial charge >= 0.3 is 0 Å². The van der Waals surface area contributed by atoms with Gasteiger partial charge in [0.15, 0.2) is 0 Å². The molecule has 0 unspecified atom stereocenters. The number of amides is 2. The Labute approximate surface area is 219 Å². The number of H-pyrrole nitrogens is 1. The summed E-state index contributed by atoms with van der Waals surface area (Å²) < 4.78 is 0. The molecule has 1 aliphatic rings. The fourth-order valence-electron chi connectivity index (χ4n) is 4.06. The lowest BCUT2D eigenvalue weighted by molar-refractivity contribution is -0.119. The molecule has 2 aromatic carbocycles. The molecule has 3 N–H and O–H groups in total. The summed E-state index contributed by atoms with van der Waals surface area (Å²) in [4.78, 5) is 37.3. The van der Waals surface area contributed by atoms with E-state index in [9.17, 15) is 9.59 Å². The van der Waals surface area contributed by atoms with Crippen LogP contribution in [0.3, 0.4) is 0 Å². The van der Waals surface area contributed by atoms with Crippen LogP contribution in [0.1, 0.15) is 27.6 Å². The molecule has 2 aromatic heterocycles. The highest BCUT2D eigenvalue weighted by Gasteiger charge is 2.31. The lowest BCUT2D eigenvalue weighted by Gasteiger charge is -2.21. The van der Waals surface area contributed by atoms with E-state index in [4.69, 9.17) is 0 Å². The molecule has 4 aromatic rings. The number of nitrogens with one attached hydrogen (secondary N) is 3. The molecule has 0 spiro atoms. The highest BCUT2D eigenvalue weighted by Crippen LogP contribution is 2.34. The molecular weight excluding hydrogens is 486 g/mol. The van der Waals surface area contributed by atoms with Gasteiger partial charge in [0.25, 0.3) is 5.91 Å². The topological polar surface area (TPSA) is 116 Å². The molecule has 5 rings (SSSR count). The third kappa shape index (κ3) is 5.97. The first-order chi connectivity index (χ1) is 18.1. The molecule has 9 nitrogen and oxygen atoms in total. The normalized spacial score (nSPS) is 15.1. The van der Waals surface area contributed by atoms with Crippen LogP contribution >= 0.6 is 11.8 Å². The minimum Gasteiger partial charge on any atom is -0.370 e. The fraction of sp³-hybridized carbons (Fsp3) is 0.222. The van der Waals surface area contributed by atoms with Crippen molar-refractivity contribution >= 4 is 35.1 Å². The average molecular weight is 514 g/mol. The maximum atomic E-state index is 13.1. The Morgan fingerprint density at radius 1 is 1.11 bits per heavy atom. The first-order valence-corrected chi connectivity index (χ1v) is 13.0. The molecule has 37 heavy (non-hydrogen) atoms. The molecule has 1 aliphatic heterocycles. The number of nitrogens with zero attached hydrogens (tertiary/aromatic N) is 4. The van der Waals surface area contributed by atoms with Crippen LogP contribution in [0.5, 0.6) is 0 Å². The highest BCUT2D eigenvalue weighted by atomic mass is 32.2. The van der Waals surface area contributed by atoms with Crippen LogP contribution in [-0.4, -0.2) is 57.4 Å². The zero-order valence-corrected chi connectivity index (χ0v) is 21.2. The van der Waals surface area contributed by atoms with E-state index in [1.54, 1.807) is 18.1 Å². The van der Waals surface area contributed by atoms with E-state index in [1.807, 2.05) is 54.6 Å². The molecule has 0 fully saturated rings. The Morgan fingerprint density at radius 3 is 2.59 bits per heavy atom. The zero-order valence-electron chi connectivity index (χ0n) is 20.3. The molecule has 0 aliphatic carbocycles. The number of hydrogen-bond acceptors (Lipinski definition) is 7. The number of hydrogen-bond donors (Lipinski definition) is 3. The third-order valence-electron chi connectivity index (χ3n) is 6.06. The van der Waals surface area contributed by atoms with Gasteiger partial charge in [0, 0.05) is 30.7 Å². The van der Waals surface area contributed by atoms with Crippen LogP contribution in [0.2, 0.25) is 0 Å². The number of thioether (sulfide) groups is 1. The maximum absolute atomic E-state index is 13.1. The molecule has 0 radical (unpaired) electrons. The van der Waals surface area contributed by atoms with Crippen molar-refractivity contribution in [3.8, 4) is 0 Å². The number of carbonyl (C=O) groups excluding carboxylic acids is 2. The monoisotopic (exact) mass is 513 g/mol. The maximum Gasteiger partial charge on any atom is 0.291 e. The molecule has 0 saturated heterocycles. The van der Waals surface area contributed by atoms with Gasteiger partial charge in [-0.2, -0.15) is 0 Å². The van der Waals surface area contributed by atoms with Gasteiger partial charge < -0.3 is 15.5 Å². The summed E-state index contributed by atoms with van der Waals surface area (Å²) in [5, 5.41) is 13.0. The smallest absolute Gasteiger partial charge is 0.291 e. The number of benzene rings is 2. The molecule has 0 bridgehead atoms. The Morgan fingerprint density at radius 2 is 1.84 bits per heavy atom. The van der Waals surface area contributed by atoms with Crippen molar-refractivity contribution < 1.29 is 9.59 Å². The first-order valence-electron chi connectivity index (χ1n) is 12.0. The molecule has 188 valence electrons. The minimum atomic E-state index is -0.722. The van der Waals surface area contributed by atoms with Crippen molar-refractivity contribution in [2.24, 2.45) is 0 Å². The van der Waals surface area contributed by atoms with Gasteiger partial charge in [-0.1, -0.05) is 60.7 Å². The number of aromatic nitrogens is 4. The van der Waals surface area contributed by atoms with Crippen LogP contribution < -0.4 is 15.5 Å². The van der Waals surface area contributed by atoms with E-state index in [1.165, 1.54) is 17.3 Å². The van der Waals surface area contributed by atoms with Gasteiger partial charge in [-0.05, 0) is 23.6 Å². The Bertz CT molecular complexity index is 1380. The molecule has 0 saturated carbocycles. The second kappa shape index (κ2) is 11.3. The number of fused-ring (bicyclic) bond motifs is 1. The van der Waals surface area contributed by atoms with E-state index >= 15 is 0 Å². The van der Waals surface area contributed by atoms with Crippen LogP contribution in [0.4, 0.5) is 11.5 Å². The van der Waals surface area contributed by atoms with Gasteiger partial charge in [-0.3, -0.25) is 14.7 Å². The Kier molecular flexibility index (Phi) is 7.46. The minimum absolute atomic E-state index is 0.0136. The van der Waals surface area contributed by atoms with Gasteiger partial charge in [-0.15, -0.1) is 16.9 Å². The van der Waals surface area contributed by atoms with E-state index in [-0.39, 0.29) is 11.7 Å². The van der Waals surface area contributed by atoms with Gasteiger partial charge in [0.05, 0.1) is 11.9 Å². The van der Waals surface area contributed by atoms with Crippen LogP contribution in [0.15, 0.2) is 77.8 Å². The summed E-state index contributed by atoms with van der Waals surface area (Å²) in [5.74, 6) is 1.02. The molecule has 10 heteroatoms. The zero-order chi connectivity index (χ0) is 25.6. The van der Waals surface area contributed by atoms with Gasteiger partial charge in [0.1, 0.15) is 17.7 Å². The highest BCUT2D eigenvalue weighted by molar-refractivity contribution is 7.99. The number of carbonyl (C=O) groups is 2. The summed E-state index contributed by atoms with van der Waals surface area (Å²) in [6, 6.07) is 21.3. The van der Waals surface area contributed by atoms with Crippen molar-refractivity contribution in [1.29, 1.82) is 0 Å². The quantitative estimate of drug-likeness (QED) is 0.331. The lowest BCUT2D eigenvalue weighted by atomic mass is 10.1. The third-order valence-corrected chi connectivity index (χ3v) is 7.20. The predicted molar refractivity (Wildman–Crippen MR) is 144 cm³/mol. The van der Waals surface area contributed by atoms with Crippen molar-refractivity contribution in [3.05, 3.63) is 95.7 Å². The summed E-state index contributed by atoms with van der Waals surface area (Å²) in [5.41, 5.74) is 3.02. The van der Waals surface area contributed by atoms with E-state index in [0.29, 0.717) is 23.7 Å². The van der Waals surface area contributed by atoms with E-state index in [0.717, 1.165) is 29.2 Å². The van der Waals surface area contributed by atoms with Crippen LogP contribution in [0.25, 0.3) is 0 Å². The van der Waals surface area contributed by atoms with Gasteiger partial charge in [-0.25, -0.2) is 9.97 Å².